The standard InChI is InChI=1S/C26H21N3O4S/c30-24(17-9-6-10-18(13-17)29(32)33)23-22(16-7-2-1-3-8-16)21-14-34-15-28(21)26(23)19-11-4-5-12-20(19)27-25(26)31/h1-13,21-23H,14-15H2,(H,27,31)/t21-,22-,23-,26-/m1/s1. The van der Waals surface area contributed by atoms with Gasteiger partial charge in [-0.25, -0.2) is 0 Å². The Morgan fingerprint density at radius 3 is 2.62 bits per heavy atom. The highest BCUT2D eigenvalue weighted by molar-refractivity contribution is 7.99. The largest absolute Gasteiger partial charge is 0.324 e. The molecule has 0 unspecified atom stereocenters. The molecular formula is C26H21N3O4S. The fourth-order valence-electron chi connectivity index (χ4n) is 6.03. The van der Waals surface area contributed by atoms with Gasteiger partial charge < -0.3 is 5.32 Å². The van der Waals surface area contributed by atoms with E-state index >= 15 is 0 Å². The summed E-state index contributed by atoms with van der Waals surface area (Å²) in [5.41, 5.74) is 1.46. The van der Waals surface area contributed by atoms with Crippen molar-refractivity contribution in [1.29, 1.82) is 0 Å². The van der Waals surface area contributed by atoms with Crippen LogP contribution in [0.4, 0.5) is 11.4 Å². The second-order valence-corrected chi connectivity index (χ2v) is 9.89. The van der Waals surface area contributed by atoms with Crippen LogP contribution in [0.25, 0.3) is 0 Å². The lowest BCUT2D eigenvalue weighted by Crippen LogP contribution is -2.52. The number of nitrogens with zero attached hydrogens (tertiary/aromatic N) is 2. The van der Waals surface area contributed by atoms with Crippen LogP contribution in [0.5, 0.6) is 0 Å². The number of thioether (sulfide) groups is 1. The zero-order valence-corrected chi connectivity index (χ0v) is 18.9. The van der Waals surface area contributed by atoms with E-state index in [1.165, 1.54) is 18.2 Å². The van der Waals surface area contributed by atoms with E-state index < -0.39 is 16.4 Å². The van der Waals surface area contributed by atoms with Crippen LogP contribution >= 0.6 is 11.8 Å². The summed E-state index contributed by atoms with van der Waals surface area (Å²) >= 11 is 1.76. The molecular weight excluding hydrogens is 450 g/mol. The van der Waals surface area contributed by atoms with Crippen molar-refractivity contribution in [1.82, 2.24) is 4.90 Å². The molecule has 6 rings (SSSR count). The van der Waals surface area contributed by atoms with Crippen molar-refractivity contribution in [3.63, 3.8) is 0 Å². The number of carbonyl (C=O) groups is 2. The first kappa shape index (κ1) is 21.1. The second kappa shape index (κ2) is 7.78. The zero-order chi connectivity index (χ0) is 23.4. The lowest BCUT2D eigenvalue weighted by Gasteiger charge is -2.36. The van der Waals surface area contributed by atoms with Gasteiger partial charge in [0.1, 0.15) is 5.54 Å². The van der Waals surface area contributed by atoms with E-state index in [0.717, 1.165) is 16.9 Å². The van der Waals surface area contributed by atoms with Crippen molar-refractivity contribution in [2.75, 3.05) is 16.9 Å². The Morgan fingerprint density at radius 2 is 1.82 bits per heavy atom. The molecule has 0 aliphatic carbocycles. The van der Waals surface area contributed by atoms with Gasteiger partial charge in [-0.05, 0) is 11.6 Å². The highest BCUT2D eigenvalue weighted by atomic mass is 32.2. The summed E-state index contributed by atoms with van der Waals surface area (Å²) < 4.78 is 0. The Morgan fingerprint density at radius 1 is 1.06 bits per heavy atom. The van der Waals surface area contributed by atoms with Gasteiger partial charge in [0.25, 0.3) is 5.69 Å². The number of rotatable bonds is 4. The van der Waals surface area contributed by atoms with Crippen LogP contribution in [0, 0.1) is 16.0 Å². The van der Waals surface area contributed by atoms with E-state index in [-0.39, 0.29) is 34.9 Å². The van der Waals surface area contributed by atoms with E-state index in [2.05, 4.69) is 10.2 Å². The normalized spacial score (nSPS) is 27.4. The summed E-state index contributed by atoms with van der Waals surface area (Å²) in [5.74, 6) is 0.0165. The number of nitrogens with one attached hydrogen (secondary N) is 1. The molecule has 3 aromatic carbocycles. The van der Waals surface area contributed by atoms with Gasteiger partial charge in [-0.15, -0.1) is 11.8 Å². The maximum Gasteiger partial charge on any atom is 0.270 e. The Balaban J connectivity index is 1.60. The van der Waals surface area contributed by atoms with Crippen molar-refractivity contribution in [3.05, 3.63) is 106 Å². The quantitative estimate of drug-likeness (QED) is 0.344. The summed E-state index contributed by atoms with van der Waals surface area (Å²) in [6.45, 7) is 0. The molecule has 0 aromatic heterocycles. The molecule has 0 radical (unpaired) electrons. The number of non-ortho nitro benzene ring substituents is 1. The molecule has 1 N–H and O–H groups in total. The predicted octanol–water partition coefficient (Wildman–Crippen LogP) is 4.41. The molecule has 7 nitrogen and oxygen atoms in total. The summed E-state index contributed by atoms with van der Waals surface area (Å²) in [6.07, 6.45) is 0. The van der Waals surface area contributed by atoms with Crippen molar-refractivity contribution in [2.45, 2.75) is 17.5 Å². The van der Waals surface area contributed by atoms with E-state index in [0.29, 0.717) is 11.6 Å². The van der Waals surface area contributed by atoms with Crippen molar-refractivity contribution in [3.8, 4) is 0 Å². The second-order valence-electron chi connectivity index (χ2n) is 8.89. The predicted molar refractivity (Wildman–Crippen MR) is 130 cm³/mol. The van der Waals surface area contributed by atoms with Crippen molar-refractivity contribution >= 4 is 34.8 Å². The molecule has 0 bridgehead atoms. The molecule has 0 saturated carbocycles. The van der Waals surface area contributed by atoms with Gasteiger partial charge in [-0.2, -0.15) is 0 Å². The Kier molecular flexibility index (Phi) is 4.82. The average Bonchev–Trinajstić information content (AvgIpc) is 3.52. The highest BCUT2D eigenvalue weighted by Crippen LogP contribution is 2.61. The molecule has 8 heteroatoms. The van der Waals surface area contributed by atoms with Crippen LogP contribution in [-0.2, 0) is 10.3 Å². The van der Waals surface area contributed by atoms with Gasteiger partial charge in [0, 0.05) is 52.5 Å². The number of hydrogen-bond acceptors (Lipinski definition) is 6. The minimum atomic E-state index is -1.17. The Labute approximate surface area is 200 Å². The van der Waals surface area contributed by atoms with Crippen molar-refractivity contribution < 1.29 is 14.5 Å². The first-order chi connectivity index (χ1) is 16.5. The number of fused-ring (bicyclic) bond motifs is 4. The molecule has 1 spiro atoms. The lowest BCUT2D eigenvalue weighted by molar-refractivity contribution is -0.384. The van der Waals surface area contributed by atoms with E-state index in [1.54, 1.807) is 17.8 Å². The van der Waals surface area contributed by atoms with E-state index in [1.807, 2.05) is 54.6 Å². The van der Waals surface area contributed by atoms with Gasteiger partial charge in [0.15, 0.2) is 5.78 Å². The Hall–Kier alpha value is -3.49. The van der Waals surface area contributed by atoms with Crippen LogP contribution in [0.1, 0.15) is 27.4 Å². The van der Waals surface area contributed by atoms with Gasteiger partial charge in [-0.3, -0.25) is 24.6 Å². The fraction of sp³-hybridized carbons (Fsp3) is 0.231. The molecule has 34 heavy (non-hydrogen) atoms. The van der Waals surface area contributed by atoms with Crippen LogP contribution < -0.4 is 5.32 Å². The van der Waals surface area contributed by atoms with Crippen molar-refractivity contribution in [2.24, 2.45) is 5.92 Å². The maximum atomic E-state index is 14.3. The number of amides is 1. The smallest absolute Gasteiger partial charge is 0.270 e. The van der Waals surface area contributed by atoms with Crippen LogP contribution in [-0.4, -0.2) is 39.2 Å². The number of nitro benzene ring substituents is 1. The van der Waals surface area contributed by atoms with E-state index in [9.17, 15) is 19.7 Å². The summed E-state index contributed by atoms with van der Waals surface area (Å²) in [4.78, 5) is 41.3. The summed E-state index contributed by atoms with van der Waals surface area (Å²) in [5, 5.41) is 14.5. The zero-order valence-electron chi connectivity index (χ0n) is 18.1. The first-order valence-corrected chi connectivity index (χ1v) is 12.3. The molecule has 3 aromatic rings. The number of Topliss-reactive ketones (excluding diaryl/α,β-unsaturated/α-hetero) is 1. The average molecular weight is 472 g/mol. The molecule has 2 fully saturated rings. The highest BCUT2D eigenvalue weighted by Gasteiger charge is 2.69. The summed E-state index contributed by atoms with van der Waals surface area (Å²) in [7, 11) is 0. The number of hydrogen-bond donors (Lipinski definition) is 1. The number of ketones is 1. The molecule has 3 aliphatic rings. The number of para-hydroxylation sites is 1. The fourth-order valence-corrected chi connectivity index (χ4v) is 7.36. The molecule has 3 aliphatic heterocycles. The van der Waals surface area contributed by atoms with Gasteiger partial charge in [-0.1, -0.05) is 60.7 Å². The third-order valence-electron chi connectivity index (χ3n) is 7.34. The SMILES string of the molecule is O=C(c1cccc([N+](=O)[O-])c1)[C@H]1[C@H](c2ccccc2)[C@H]2CSCN2[C@@]12C(=O)Nc1ccccc12. The third-order valence-corrected chi connectivity index (χ3v) is 8.37. The number of nitro groups is 1. The summed E-state index contributed by atoms with van der Waals surface area (Å²) in [6, 6.07) is 23.2. The topological polar surface area (TPSA) is 92.5 Å². The molecule has 170 valence electrons. The molecule has 4 atom stereocenters. The van der Waals surface area contributed by atoms with Gasteiger partial charge in [0.05, 0.1) is 10.8 Å². The monoisotopic (exact) mass is 471 g/mol. The number of carbonyl (C=O) groups excluding carboxylic acids is 2. The van der Waals surface area contributed by atoms with Gasteiger partial charge in [0.2, 0.25) is 5.91 Å². The third kappa shape index (κ3) is 2.82. The van der Waals surface area contributed by atoms with Crippen LogP contribution in [0.3, 0.4) is 0 Å². The van der Waals surface area contributed by atoms with Crippen LogP contribution in [0.15, 0.2) is 78.9 Å². The molecule has 2 saturated heterocycles. The maximum absolute atomic E-state index is 14.3. The lowest BCUT2D eigenvalue weighted by atomic mass is 9.69. The van der Waals surface area contributed by atoms with E-state index in [4.69, 9.17) is 0 Å². The van der Waals surface area contributed by atoms with Crippen LogP contribution in [0.2, 0.25) is 0 Å². The minimum Gasteiger partial charge on any atom is -0.324 e. The number of benzene rings is 3. The molecule has 3 heterocycles. The van der Waals surface area contributed by atoms with Gasteiger partial charge >= 0.3 is 0 Å². The molecule has 1 amide bonds. The first-order valence-electron chi connectivity index (χ1n) is 11.1. The Bertz CT molecular complexity index is 1330. The minimum absolute atomic E-state index is 0.0167. The number of anilines is 1.